The molecule has 1 amide bonds. The number of alkyl halides is 3. The number of aromatic nitrogens is 2. The monoisotopic (exact) mass is 560 g/mol. The quantitative estimate of drug-likeness (QED) is 0.433. The molecule has 0 radical (unpaired) electrons. The van der Waals surface area contributed by atoms with Gasteiger partial charge in [-0.2, -0.15) is 18.3 Å². The molecule has 6 rings (SSSR count). The number of nitrogens with two attached hydrogens (primary N) is 1. The van der Waals surface area contributed by atoms with Crippen molar-refractivity contribution in [3.63, 3.8) is 0 Å². The zero-order valence-electron chi connectivity index (χ0n) is 22.8. The van der Waals surface area contributed by atoms with Crippen LogP contribution in [-0.4, -0.2) is 33.0 Å². The highest BCUT2D eigenvalue weighted by Gasteiger charge is 2.54. The summed E-state index contributed by atoms with van der Waals surface area (Å²) in [6.45, 7) is 5.77. The summed E-state index contributed by atoms with van der Waals surface area (Å²) in [6.07, 6.45) is 1.89. The fraction of sp³-hybridized carbons (Fsp3) is 0.355. The summed E-state index contributed by atoms with van der Waals surface area (Å²) >= 11 is 0. The van der Waals surface area contributed by atoms with Gasteiger partial charge in [0.1, 0.15) is 0 Å². The Balaban J connectivity index is 1.40. The van der Waals surface area contributed by atoms with Crippen LogP contribution in [0.4, 0.5) is 13.2 Å². The highest BCUT2D eigenvalue weighted by atomic mass is 19.4. The van der Waals surface area contributed by atoms with Gasteiger partial charge in [0, 0.05) is 30.1 Å². The molecule has 1 aromatic carbocycles. The average molecular weight is 561 g/mol. The van der Waals surface area contributed by atoms with Gasteiger partial charge in [-0.3, -0.25) is 20.2 Å². The number of rotatable bonds is 6. The molecule has 2 aliphatic carbocycles. The summed E-state index contributed by atoms with van der Waals surface area (Å²) < 4.78 is 40.3. The first-order valence-electron chi connectivity index (χ1n) is 13.8. The molecule has 7 nitrogen and oxygen atoms in total. The maximum Gasteiger partial charge on any atom is 0.418 e. The van der Waals surface area contributed by atoms with Crippen molar-refractivity contribution in [2.45, 2.75) is 63.2 Å². The second-order valence-corrected chi connectivity index (χ2v) is 11.1. The number of nitrogens with one attached hydrogen (secondary N) is 1. The summed E-state index contributed by atoms with van der Waals surface area (Å²) in [5.41, 5.74) is 13.7. The first-order chi connectivity index (χ1) is 19.6. The fourth-order valence-corrected chi connectivity index (χ4v) is 6.16. The van der Waals surface area contributed by atoms with Crippen molar-refractivity contribution in [2.24, 2.45) is 10.8 Å². The van der Waals surface area contributed by atoms with Crippen LogP contribution in [0.5, 0.6) is 0 Å². The van der Waals surface area contributed by atoms with Crippen LogP contribution in [0.25, 0.3) is 5.70 Å². The van der Waals surface area contributed by atoms with E-state index in [-0.39, 0.29) is 30.6 Å². The smallest absolute Gasteiger partial charge is 0.327 e. The van der Waals surface area contributed by atoms with Crippen LogP contribution < -0.4 is 11.2 Å². The predicted octanol–water partition coefficient (Wildman–Crippen LogP) is 5.18. The summed E-state index contributed by atoms with van der Waals surface area (Å²) in [5.74, 6) is -0.0701. The van der Waals surface area contributed by atoms with E-state index in [9.17, 15) is 18.0 Å². The van der Waals surface area contributed by atoms with E-state index in [4.69, 9.17) is 5.73 Å². The average Bonchev–Trinajstić information content (AvgIpc) is 3.77. The van der Waals surface area contributed by atoms with Gasteiger partial charge in [-0.1, -0.05) is 24.8 Å². The molecule has 0 saturated heterocycles. The SMILES string of the molecule is C=C1NN=C(CN)c2cc(C3(C(=O)N(Cc4cc(C)c(C(F)(F)F)cn4)C4CCCc5cccnc54)CC3)ccc21. The number of hydrogen-bond acceptors (Lipinski definition) is 6. The molecule has 3 N–H and O–H groups in total. The van der Waals surface area contributed by atoms with Crippen LogP contribution in [0.2, 0.25) is 0 Å². The van der Waals surface area contributed by atoms with Gasteiger partial charge >= 0.3 is 6.18 Å². The van der Waals surface area contributed by atoms with Crippen molar-refractivity contribution in [3.8, 4) is 0 Å². The lowest BCUT2D eigenvalue weighted by Crippen LogP contribution is -2.43. The van der Waals surface area contributed by atoms with Crippen molar-refractivity contribution in [1.82, 2.24) is 20.3 Å². The third-order valence-electron chi connectivity index (χ3n) is 8.49. The van der Waals surface area contributed by atoms with E-state index in [1.807, 2.05) is 30.3 Å². The maximum atomic E-state index is 14.6. The number of benzene rings is 1. The van der Waals surface area contributed by atoms with E-state index in [1.165, 1.54) is 13.0 Å². The molecule has 0 bridgehead atoms. The van der Waals surface area contributed by atoms with E-state index < -0.39 is 17.2 Å². The van der Waals surface area contributed by atoms with E-state index in [2.05, 4.69) is 27.1 Å². The first-order valence-corrected chi connectivity index (χ1v) is 13.8. The topological polar surface area (TPSA) is 96.5 Å². The van der Waals surface area contributed by atoms with Gasteiger partial charge in [-0.15, -0.1) is 0 Å². The molecule has 1 aliphatic heterocycles. The third kappa shape index (κ3) is 4.80. The number of hydrogen-bond donors (Lipinski definition) is 2. The number of amides is 1. The summed E-state index contributed by atoms with van der Waals surface area (Å²) in [6, 6.07) is 10.9. The van der Waals surface area contributed by atoms with E-state index in [0.717, 1.165) is 47.0 Å². The second kappa shape index (κ2) is 10.1. The molecule has 0 spiro atoms. The maximum absolute atomic E-state index is 14.6. The van der Waals surface area contributed by atoms with Crippen molar-refractivity contribution in [1.29, 1.82) is 0 Å². The van der Waals surface area contributed by atoms with Gasteiger partial charge in [0.05, 0.1) is 46.4 Å². The molecule has 3 aromatic rings. The Kier molecular flexibility index (Phi) is 6.68. The van der Waals surface area contributed by atoms with Crippen LogP contribution in [-0.2, 0) is 29.4 Å². The normalized spacial score (nSPS) is 19.0. The molecule has 41 heavy (non-hydrogen) atoms. The standard InChI is InChI=1S/C31H31F3N6O/c1-18-13-22(37-16-25(18)31(32,33)34)17-40(27-7-3-5-20-6-4-12-36-28(20)27)29(41)30(10-11-30)21-8-9-23-19(2)38-39-26(15-35)24(23)14-21/h4,6,8-9,12-14,16,27,38H,2-3,5,7,10-11,15,17,35H2,1H3. The minimum Gasteiger partial charge on any atom is -0.327 e. The number of aryl methyl sites for hydroxylation is 2. The third-order valence-corrected chi connectivity index (χ3v) is 8.49. The number of hydrazone groups is 1. The van der Waals surface area contributed by atoms with Gasteiger partial charge in [-0.25, -0.2) is 0 Å². The molecular weight excluding hydrogens is 529 g/mol. The van der Waals surface area contributed by atoms with Crippen molar-refractivity contribution in [2.75, 3.05) is 6.54 Å². The Morgan fingerprint density at radius 3 is 2.71 bits per heavy atom. The van der Waals surface area contributed by atoms with Crippen LogP contribution >= 0.6 is 0 Å². The van der Waals surface area contributed by atoms with Gasteiger partial charge < -0.3 is 10.6 Å². The Morgan fingerprint density at radius 2 is 2.00 bits per heavy atom. The van der Waals surface area contributed by atoms with Crippen molar-refractivity contribution < 1.29 is 18.0 Å². The lowest BCUT2D eigenvalue weighted by molar-refractivity contribution is -0.139. The minimum atomic E-state index is -4.49. The van der Waals surface area contributed by atoms with E-state index >= 15 is 0 Å². The number of carbonyl (C=O) groups is 1. The Labute approximate surface area is 236 Å². The number of carbonyl (C=O) groups excluding carboxylic acids is 1. The molecule has 1 atom stereocenters. The zero-order chi connectivity index (χ0) is 28.9. The fourth-order valence-electron chi connectivity index (χ4n) is 6.16. The molecule has 1 saturated carbocycles. The van der Waals surface area contributed by atoms with Gasteiger partial charge in [-0.05, 0) is 73.9 Å². The van der Waals surface area contributed by atoms with Crippen LogP contribution in [0.15, 0.2) is 60.5 Å². The van der Waals surface area contributed by atoms with Crippen molar-refractivity contribution in [3.05, 3.63) is 100 Å². The van der Waals surface area contributed by atoms with Gasteiger partial charge in [0.25, 0.3) is 0 Å². The summed E-state index contributed by atoms with van der Waals surface area (Å²) in [4.78, 5) is 25.3. The molecule has 2 aromatic heterocycles. The molecular formula is C31H31F3N6O. The van der Waals surface area contributed by atoms with Crippen LogP contribution in [0, 0.1) is 6.92 Å². The highest BCUT2D eigenvalue weighted by molar-refractivity contribution is 6.07. The van der Waals surface area contributed by atoms with Crippen LogP contribution in [0.1, 0.15) is 76.5 Å². The van der Waals surface area contributed by atoms with Crippen molar-refractivity contribution >= 4 is 17.3 Å². The Hall–Kier alpha value is -4.05. The Bertz CT molecular complexity index is 1580. The Morgan fingerprint density at radius 1 is 1.20 bits per heavy atom. The lowest BCUT2D eigenvalue weighted by Gasteiger charge is -2.37. The zero-order valence-corrected chi connectivity index (χ0v) is 22.8. The molecule has 1 unspecified atom stereocenters. The predicted molar refractivity (Wildman–Crippen MR) is 150 cm³/mol. The van der Waals surface area contributed by atoms with E-state index in [0.29, 0.717) is 36.4 Å². The second-order valence-electron chi connectivity index (χ2n) is 11.1. The molecule has 10 heteroatoms. The first kappa shape index (κ1) is 27.1. The lowest BCUT2D eigenvalue weighted by atomic mass is 9.86. The van der Waals surface area contributed by atoms with Gasteiger partial charge in [0.15, 0.2) is 0 Å². The number of halogens is 3. The molecule has 3 heterocycles. The number of fused-ring (bicyclic) bond motifs is 2. The number of nitrogens with zero attached hydrogens (tertiary/aromatic N) is 4. The summed E-state index contributed by atoms with van der Waals surface area (Å²) in [5, 5.41) is 4.33. The number of pyridine rings is 2. The molecule has 1 fully saturated rings. The minimum absolute atomic E-state index is 0.0701. The molecule has 3 aliphatic rings. The van der Waals surface area contributed by atoms with Crippen LogP contribution in [0.3, 0.4) is 0 Å². The highest BCUT2D eigenvalue weighted by Crippen LogP contribution is 2.52. The summed E-state index contributed by atoms with van der Waals surface area (Å²) in [7, 11) is 0. The van der Waals surface area contributed by atoms with Gasteiger partial charge in [0.2, 0.25) is 5.91 Å². The molecule has 212 valence electrons. The largest absolute Gasteiger partial charge is 0.418 e. The van der Waals surface area contributed by atoms with E-state index in [1.54, 1.807) is 11.1 Å².